The predicted molar refractivity (Wildman–Crippen MR) is 68.2 cm³/mol. The Balaban J connectivity index is 2.93. The minimum absolute atomic E-state index is 0.0282. The van der Waals surface area contributed by atoms with Crippen LogP contribution in [0.1, 0.15) is 20.3 Å². The summed E-state index contributed by atoms with van der Waals surface area (Å²) < 4.78 is 0. The van der Waals surface area contributed by atoms with Gasteiger partial charge >= 0.3 is 5.97 Å². The average molecular weight is 271 g/mol. The number of hydrogen-bond acceptors (Lipinski definition) is 4. The summed E-state index contributed by atoms with van der Waals surface area (Å²) >= 11 is 0. The molecular formula is C12H21N3O4. The van der Waals surface area contributed by atoms with Crippen LogP contribution < -0.4 is 5.73 Å². The molecule has 0 radical (unpaired) electrons. The Kier molecular flexibility index (Phi) is 5.29. The second kappa shape index (κ2) is 6.51. The Hall–Kier alpha value is -1.63. The molecule has 1 rings (SSSR count). The summed E-state index contributed by atoms with van der Waals surface area (Å²) in [6.07, 6.45) is 0.728. The van der Waals surface area contributed by atoms with E-state index in [1.54, 1.807) is 0 Å². The quantitative estimate of drug-likeness (QED) is 0.675. The number of carbonyl (C=O) groups excluding carboxylic acids is 2. The zero-order chi connectivity index (χ0) is 14.6. The van der Waals surface area contributed by atoms with E-state index < -0.39 is 12.0 Å². The number of aliphatic carboxylic acids is 1. The van der Waals surface area contributed by atoms with Crippen LogP contribution in [0.4, 0.5) is 0 Å². The van der Waals surface area contributed by atoms with Crippen molar-refractivity contribution in [1.82, 2.24) is 9.80 Å². The van der Waals surface area contributed by atoms with Crippen LogP contribution in [0.15, 0.2) is 0 Å². The molecule has 19 heavy (non-hydrogen) atoms. The molecule has 1 heterocycles. The largest absolute Gasteiger partial charge is 0.480 e. The van der Waals surface area contributed by atoms with Crippen LogP contribution in [0, 0.1) is 5.92 Å². The first-order valence-corrected chi connectivity index (χ1v) is 6.42. The van der Waals surface area contributed by atoms with Crippen LogP contribution in [0.5, 0.6) is 0 Å². The molecular weight excluding hydrogens is 250 g/mol. The topological polar surface area (TPSA) is 104 Å². The van der Waals surface area contributed by atoms with E-state index in [1.165, 1.54) is 9.80 Å². The van der Waals surface area contributed by atoms with Gasteiger partial charge in [0.2, 0.25) is 11.8 Å². The highest BCUT2D eigenvalue weighted by Crippen LogP contribution is 2.21. The van der Waals surface area contributed by atoms with E-state index in [0.717, 1.165) is 6.42 Å². The van der Waals surface area contributed by atoms with Crippen LogP contribution in [0.2, 0.25) is 0 Å². The lowest BCUT2D eigenvalue weighted by Crippen LogP contribution is -2.62. The smallest absolute Gasteiger partial charge is 0.323 e. The molecule has 1 unspecified atom stereocenters. The van der Waals surface area contributed by atoms with E-state index in [9.17, 15) is 14.4 Å². The van der Waals surface area contributed by atoms with Gasteiger partial charge in [0.05, 0.1) is 6.54 Å². The summed E-state index contributed by atoms with van der Waals surface area (Å²) in [5.41, 5.74) is 5.36. The normalized spacial score (nSPS) is 21.4. The molecule has 0 saturated carbocycles. The molecule has 0 spiro atoms. The summed E-state index contributed by atoms with van der Waals surface area (Å²) in [6, 6.07) is -0.603. The molecule has 2 amide bonds. The second-order valence-corrected chi connectivity index (χ2v) is 4.78. The first-order chi connectivity index (χ1) is 8.92. The molecule has 1 fully saturated rings. The third kappa shape index (κ3) is 3.44. The van der Waals surface area contributed by atoms with Gasteiger partial charge in [-0.1, -0.05) is 20.3 Å². The summed E-state index contributed by atoms with van der Waals surface area (Å²) in [4.78, 5) is 37.6. The number of amides is 2. The number of nitrogens with zero attached hydrogens (tertiary/aromatic N) is 2. The number of rotatable bonds is 5. The standard InChI is InChI=1S/C12H21N3O4/c1-3-8(2)11-12(19)14(7-10(17)18)4-5-15(11)9(16)6-13/h8,11H,3-7,13H2,1-2H3,(H,17,18)/t8?,11-/m0/s1. The lowest BCUT2D eigenvalue weighted by Gasteiger charge is -2.42. The van der Waals surface area contributed by atoms with Crippen molar-refractivity contribution in [3.05, 3.63) is 0 Å². The van der Waals surface area contributed by atoms with Crippen LogP contribution in [-0.2, 0) is 14.4 Å². The summed E-state index contributed by atoms with van der Waals surface area (Å²) in [5, 5.41) is 8.79. The first-order valence-electron chi connectivity index (χ1n) is 6.42. The van der Waals surface area contributed by atoms with Crippen LogP contribution >= 0.6 is 0 Å². The van der Waals surface area contributed by atoms with E-state index in [-0.39, 0.29) is 37.4 Å². The van der Waals surface area contributed by atoms with Crippen molar-refractivity contribution >= 4 is 17.8 Å². The zero-order valence-corrected chi connectivity index (χ0v) is 11.3. The Bertz CT molecular complexity index is 372. The van der Waals surface area contributed by atoms with Crippen LogP contribution in [0.25, 0.3) is 0 Å². The Morgan fingerprint density at radius 2 is 2.11 bits per heavy atom. The maximum atomic E-state index is 12.3. The van der Waals surface area contributed by atoms with Gasteiger partial charge in [0.25, 0.3) is 0 Å². The van der Waals surface area contributed by atoms with E-state index in [2.05, 4.69) is 0 Å². The van der Waals surface area contributed by atoms with Gasteiger partial charge in [-0.15, -0.1) is 0 Å². The molecule has 108 valence electrons. The monoisotopic (exact) mass is 271 g/mol. The fourth-order valence-electron chi connectivity index (χ4n) is 2.29. The molecule has 0 aromatic rings. The van der Waals surface area contributed by atoms with E-state index in [1.807, 2.05) is 13.8 Å². The lowest BCUT2D eigenvalue weighted by molar-refractivity contribution is -0.157. The summed E-state index contributed by atoms with van der Waals surface area (Å²) in [5.74, 6) is -1.65. The maximum absolute atomic E-state index is 12.3. The number of piperazine rings is 1. The first kappa shape index (κ1) is 15.4. The third-order valence-electron chi connectivity index (χ3n) is 3.52. The molecule has 0 aliphatic carbocycles. The van der Waals surface area contributed by atoms with Crippen molar-refractivity contribution in [1.29, 1.82) is 0 Å². The SMILES string of the molecule is CCC(C)[C@H]1C(=O)N(CC(=O)O)CCN1C(=O)CN. The van der Waals surface area contributed by atoms with Gasteiger partial charge < -0.3 is 20.6 Å². The minimum Gasteiger partial charge on any atom is -0.480 e. The predicted octanol–water partition coefficient (Wildman–Crippen LogP) is -0.885. The molecule has 3 N–H and O–H groups in total. The fourth-order valence-corrected chi connectivity index (χ4v) is 2.29. The Morgan fingerprint density at radius 1 is 1.47 bits per heavy atom. The molecule has 2 atom stereocenters. The zero-order valence-electron chi connectivity index (χ0n) is 11.3. The van der Waals surface area contributed by atoms with Crippen molar-refractivity contribution < 1.29 is 19.5 Å². The van der Waals surface area contributed by atoms with Crippen molar-refractivity contribution in [2.75, 3.05) is 26.2 Å². The van der Waals surface area contributed by atoms with Crippen LogP contribution in [-0.4, -0.2) is 64.9 Å². The number of nitrogens with two attached hydrogens (primary N) is 1. The minimum atomic E-state index is -1.05. The van der Waals surface area contributed by atoms with Gasteiger partial charge in [0.1, 0.15) is 12.6 Å². The molecule has 0 aromatic heterocycles. The molecule has 0 aromatic carbocycles. The third-order valence-corrected chi connectivity index (χ3v) is 3.52. The summed E-state index contributed by atoms with van der Waals surface area (Å²) in [6.45, 7) is 3.92. The molecule has 7 heteroatoms. The number of carbonyl (C=O) groups is 3. The van der Waals surface area contributed by atoms with Crippen molar-refractivity contribution in [2.45, 2.75) is 26.3 Å². The molecule has 1 aliphatic heterocycles. The van der Waals surface area contributed by atoms with Gasteiger partial charge in [0, 0.05) is 13.1 Å². The Labute approximate surface area is 112 Å². The highest BCUT2D eigenvalue weighted by atomic mass is 16.4. The number of hydrogen-bond donors (Lipinski definition) is 2. The van der Waals surface area contributed by atoms with Crippen LogP contribution in [0.3, 0.4) is 0 Å². The van der Waals surface area contributed by atoms with Gasteiger partial charge in [0.15, 0.2) is 0 Å². The van der Waals surface area contributed by atoms with Crippen molar-refractivity contribution in [2.24, 2.45) is 11.7 Å². The van der Waals surface area contributed by atoms with E-state index in [4.69, 9.17) is 10.8 Å². The highest BCUT2D eigenvalue weighted by Gasteiger charge is 2.40. The summed E-state index contributed by atoms with van der Waals surface area (Å²) in [7, 11) is 0. The number of carboxylic acid groups (broad SMARTS) is 1. The van der Waals surface area contributed by atoms with Crippen molar-refractivity contribution in [3.63, 3.8) is 0 Å². The van der Waals surface area contributed by atoms with Gasteiger partial charge in [-0.25, -0.2) is 0 Å². The fraction of sp³-hybridized carbons (Fsp3) is 0.750. The number of carboxylic acids is 1. The highest BCUT2D eigenvalue weighted by molar-refractivity contribution is 5.91. The van der Waals surface area contributed by atoms with Gasteiger partial charge in [-0.05, 0) is 5.92 Å². The lowest BCUT2D eigenvalue weighted by atomic mass is 9.94. The van der Waals surface area contributed by atoms with Gasteiger partial charge in [-0.2, -0.15) is 0 Å². The van der Waals surface area contributed by atoms with E-state index >= 15 is 0 Å². The molecule has 1 saturated heterocycles. The maximum Gasteiger partial charge on any atom is 0.323 e. The van der Waals surface area contributed by atoms with Gasteiger partial charge in [-0.3, -0.25) is 14.4 Å². The average Bonchev–Trinajstić information content (AvgIpc) is 2.38. The molecule has 0 bridgehead atoms. The van der Waals surface area contributed by atoms with E-state index in [0.29, 0.717) is 6.54 Å². The van der Waals surface area contributed by atoms with Crippen molar-refractivity contribution in [3.8, 4) is 0 Å². The molecule has 7 nitrogen and oxygen atoms in total. The molecule has 1 aliphatic rings. The Morgan fingerprint density at radius 3 is 2.58 bits per heavy atom. The second-order valence-electron chi connectivity index (χ2n) is 4.78.